The zero-order valence-electron chi connectivity index (χ0n) is 16.8. The number of anilines is 1. The van der Waals surface area contributed by atoms with Crippen molar-refractivity contribution < 1.29 is 27.4 Å². The molecule has 0 saturated carbocycles. The Morgan fingerprint density at radius 3 is 2.59 bits per heavy atom. The third-order valence-electron chi connectivity index (χ3n) is 4.73. The highest BCUT2D eigenvalue weighted by atomic mass is 35.5. The Morgan fingerprint density at radius 2 is 1.88 bits per heavy atom. The van der Waals surface area contributed by atoms with Crippen LogP contribution in [0.5, 0.6) is 17.5 Å². The molecule has 3 aromatic rings. The van der Waals surface area contributed by atoms with Crippen molar-refractivity contribution in [2.24, 2.45) is 0 Å². The summed E-state index contributed by atoms with van der Waals surface area (Å²) in [6.07, 6.45) is -4.83. The molecule has 0 radical (unpaired) electrons. The average molecular weight is 467 g/mol. The molecule has 32 heavy (non-hydrogen) atoms. The number of nitrogens with zero attached hydrogens (tertiary/aromatic N) is 3. The molecular formula is C21H18ClF3N4O3. The minimum absolute atomic E-state index is 0.0537. The first-order valence-electron chi connectivity index (χ1n) is 9.57. The Morgan fingerprint density at radius 1 is 1.16 bits per heavy atom. The number of rotatable bonds is 5. The van der Waals surface area contributed by atoms with Crippen LogP contribution < -0.4 is 19.7 Å². The van der Waals surface area contributed by atoms with Gasteiger partial charge in [0.25, 0.3) is 5.91 Å². The molecule has 2 aromatic carbocycles. The summed E-state index contributed by atoms with van der Waals surface area (Å²) < 4.78 is 49.1. The van der Waals surface area contributed by atoms with E-state index in [-0.39, 0.29) is 29.9 Å². The Labute approximate surface area is 186 Å². The molecule has 0 atom stereocenters. The highest BCUT2D eigenvalue weighted by Gasteiger charge is 2.32. The molecule has 0 spiro atoms. The van der Waals surface area contributed by atoms with Crippen molar-refractivity contribution in [3.63, 3.8) is 0 Å². The lowest BCUT2D eigenvalue weighted by molar-refractivity contribution is -0.274. The minimum Gasteiger partial charge on any atom is -0.425 e. The Bertz CT molecular complexity index is 1130. The summed E-state index contributed by atoms with van der Waals surface area (Å²) in [5.74, 6) is -0.268. The maximum absolute atomic E-state index is 12.8. The molecule has 2 heterocycles. The van der Waals surface area contributed by atoms with Crippen molar-refractivity contribution in [3.8, 4) is 17.5 Å². The maximum Gasteiger partial charge on any atom is 0.573 e. The van der Waals surface area contributed by atoms with E-state index >= 15 is 0 Å². The van der Waals surface area contributed by atoms with Gasteiger partial charge in [-0.2, -0.15) is 4.98 Å². The first kappa shape index (κ1) is 21.8. The van der Waals surface area contributed by atoms with Gasteiger partial charge in [0.1, 0.15) is 11.5 Å². The lowest BCUT2D eigenvalue weighted by Gasteiger charge is -2.13. The molecule has 1 amide bonds. The van der Waals surface area contributed by atoms with Gasteiger partial charge in [0, 0.05) is 31.2 Å². The molecule has 0 fully saturated rings. The first-order valence-corrected chi connectivity index (χ1v) is 9.95. The van der Waals surface area contributed by atoms with Gasteiger partial charge in [-0.1, -0.05) is 29.8 Å². The predicted octanol–water partition coefficient (Wildman–Crippen LogP) is 4.46. The standard InChI is InChI=1S/C21H18ClF3N4O3/c1-28-10-9-26-19(30)17-18(28)27-20(29(17)12-13-5-7-14(22)8-6-13)31-15-3-2-4-16(11-15)32-21(23,24)25/h2-8,11H,9-10,12H2,1H3,(H,26,30). The van der Waals surface area contributed by atoms with Gasteiger partial charge in [0.15, 0.2) is 11.5 Å². The quantitative estimate of drug-likeness (QED) is 0.601. The van der Waals surface area contributed by atoms with Gasteiger partial charge in [-0.25, -0.2) is 0 Å². The molecule has 1 aromatic heterocycles. The van der Waals surface area contributed by atoms with Crippen molar-refractivity contribution in [3.05, 3.63) is 64.8 Å². The van der Waals surface area contributed by atoms with E-state index in [1.165, 1.54) is 12.1 Å². The smallest absolute Gasteiger partial charge is 0.425 e. The van der Waals surface area contributed by atoms with Crippen molar-refractivity contribution in [1.29, 1.82) is 0 Å². The normalized spacial score (nSPS) is 13.9. The fourth-order valence-electron chi connectivity index (χ4n) is 3.27. The summed E-state index contributed by atoms with van der Waals surface area (Å²) in [6, 6.07) is 12.2. The van der Waals surface area contributed by atoms with Gasteiger partial charge in [0.05, 0.1) is 6.54 Å². The number of carbonyl (C=O) groups excluding carboxylic acids is 1. The minimum atomic E-state index is -4.83. The number of aromatic nitrogens is 2. The van der Waals surface area contributed by atoms with Crippen LogP contribution in [0.4, 0.5) is 19.0 Å². The predicted molar refractivity (Wildman–Crippen MR) is 112 cm³/mol. The van der Waals surface area contributed by atoms with E-state index in [0.717, 1.165) is 17.7 Å². The van der Waals surface area contributed by atoms with Crippen molar-refractivity contribution >= 4 is 23.3 Å². The molecule has 7 nitrogen and oxygen atoms in total. The number of imidazole rings is 1. The molecule has 1 N–H and O–H groups in total. The maximum atomic E-state index is 12.8. The molecule has 0 bridgehead atoms. The van der Waals surface area contributed by atoms with E-state index in [9.17, 15) is 18.0 Å². The van der Waals surface area contributed by atoms with Crippen LogP contribution in [0.1, 0.15) is 16.1 Å². The SMILES string of the molecule is CN1CCNC(=O)c2c1nc(Oc1cccc(OC(F)(F)F)c1)n2Cc1ccc(Cl)cc1. The molecule has 168 valence electrons. The number of likely N-dealkylation sites (N-methyl/N-ethyl adjacent to an activating group) is 1. The van der Waals surface area contributed by atoms with E-state index in [2.05, 4.69) is 15.0 Å². The molecule has 1 aliphatic rings. The second-order valence-corrected chi connectivity index (χ2v) is 7.52. The van der Waals surface area contributed by atoms with Gasteiger partial charge in [0.2, 0.25) is 0 Å². The van der Waals surface area contributed by atoms with E-state index in [0.29, 0.717) is 23.9 Å². The van der Waals surface area contributed by atoms with Crippen LogP contribution in [0.25, 0.3) is 0 Å². The van der Waals surface area contributed by atoms with E-state index in [1.54, 1.807) is 35.9 Å². The number of ether oxygens (including phenoxy) is 2. The zero-order chi connectivity index (χ0) is 22.9. The molecule has 4 rings (SSSR count). The van der Waals surface area contributed by atoms with Gasteiger partial charge in [-0.05, 0) is 29.8 Å². The summed E-state index contributed by atoms with van der Waals surface area (Å²) in [6.45, 7) is 1.21. The fraction of sp³-hybridized carbons (Fsp3) is 0.238. The largest absolute Gasteiger partial charge is 0.573 e. The number of fused-ring (bicyclic) bond motifs is 1. The van der Waals surface area contributed by atoms with Crippen LogP contribution in [0.15, 0.2) is 48.5 Å². The lowest BCUT2D eigenvalue weighted by Crippen LogP contribution is -2.28. The number of nitrogens with one attached hydrogen (secondary N) is 1. The Kier molecular flexibility index (Phi) is 5.88. The monoisotopic (exact) mass is 466 g/mol. The number of alkyl halides is 3. The highest BCUT2D eigenvalue weighted by molar-refractivity contribution is 6.30. The van der Waals surface area contributed by atoms with Crippen LogP contribution in [-0.2, 0) is 6.54 Å². The van der Waals surface area contributed by atoms with Gasteiger partial charge in [-0.3, -0.25) is 9.36 Å². The molecule has 0 aliphatic carbocycles. The third kappa shape index (κ3) is 4.91. The van der Waals surface area contributed by atoms with Gasteiger partial charge >= 0.3 is 12.4 Å². The summed E-state index contributed by atoms with van der Waals surface area (Å²) in [4.78, 5) is 19.1. The Balaban J connectivity index is 1.74. The van der Waals surface area contributed by atoms with Crippen molar-refractivity contribution in [1.82, 2.24) is 14.9 Å². The van der Waals surface area contributed by atoms with Crippen LogP contribution in [0, 0.1) is 0 Å². The number of halogens is 4. The summed E-state index contributed by atoms with van der Waals surface area (Å²) in [5.41, 5.74) is 1.12. The summed E-state index contributed by atoms with van der Waals surface area (Å²) in [7, 11) is 1.79. The molecule has 0 unspecified atom stereocenters. The van der Waals surface area contributed by atoms with Crippen LogP contribution in [-0.4, -0.2) is 42.0 Å². The van der Waals surface area contributed by atoms with E-state index in [1.807, 2.05) is 4.90 Å². The summed E-state index contributed by atoms with van der Waals surface area (Å²) in [5, 5.41) is 3.38. The number of carbonyl (C=O) groups is 1. The van der Waals surface area contributed by atoms with Crippen LogP contribution >= 0.6 is 11.6 Å². The zero-order valence-corrected chi connectivity index (χ0v) is 17.6. The molecule has 11 heteroatoms. The Hall–Kier alpha value is -3.40. The van der Waals surface area contributed by atoms with E-state index < -0.39 is 12.1 Å². The number of hydrogen-bond acceptors (Lipinski definition) is 5. The van der Waals surface area contributed by atoms with E-state index in [4.69, 9.17) is 16.3 Å². The lowest BCUT2D eigenvalue weighted by atomic mass is 10.2. The topological polar surface area (TPSA) is 68.6 Å². The number of hydrogen-bond donors (Lipinski definition) is 1. The number of benzene rings is 2. The second kappa shape index (κ2) is 8.62. The molecule has 0 saturated heterocycles. The molecule has 1 aliphatic heterocycles. The van der Waals surface area contributed by atoms with Crippen molar-refractivity contribution in [2.75, 3.05) is 25.0 Å². The van der Waals surface area contributed by atoms with Crippen molar-refractivity contribution in [2.45, 2.75) is 12.9 Å². The third-order valence-corrected chi connectivity index (χ3v) is 4.98. The highest BCUT2D eigenvalue weighted by Crippen LogP contribution is 2.33. The van der Waals surface area contributed by atoms with Crippen LogP contribution in [0.2, 0.25) is 5.02 Å². The van der Waals surface area contributed by atoms with Gasteiger partial charge < -0.3 is 19.7 Å². The summed E-state index contributed by atoms with van der Waals surface area (Å²) >= 11 is 5.97. The van der Waals surface area contributed by atoms with Crippen LogP contribution in [0.3, 0.4) is 0 Å². The fourth-order valence-corrected chi connectivity index (χ4v) is 3.40. The second-order valence-electron chi connectivity index (χ2n) is 7.08. The van der Waals surface area contributed by atoms with Gasteiger partial charge in [-0.15, -0.1) is 13.2 Å². The molecular weight excluding hydrogens is 449 g/mol. The average Bonchev–Trinajstić information content (AvgIpc) is 2.99. The first-order chi connectivity index (χ1) is 15.2. The number of amides is 1.